The molecule has 0 aromatic carbocycles. The van der Waals surface area contributed by atoms with E-state index >= 15 is 0 Å². The predicted octanol–water partition coefficient (Wildman–Crippen LogP) is -0.331. The first kappa shape index (κ1) is 4.91. The Balaban J connectivity index is 2.18. The molecule has 1 aliphatic heterocycles. The van der Waals surface area contributed by atoms with Crippen molar-refractivity contribution in [2.45, 2.75) is 10.4 Å². The van der Waals surface area contributed by atoms with Gasteiger partial charge in [0.05, 0.1) is 0 Å². The Kier molecular flexibility index (Phi) is 1.77. The van der Waals surface area contributed by atoms with Crippen molar-refractivity contribution in [1.29, 1.82) is 0 Å². The monoisotopic (exact) mass is 191 g/mol. The van der Waals surface area contributed by atoms with Gasteiger partial charge in [-0.1, -0.05) is 0 Å². The second-order valence-corrected chi connectivity index (χ2v) is 4.44. The van der Waals surface area contributed by atoms with Crippen LogP contribution in [-0.4, -0.2) is 35.6 Å². The van der Waals surface area contributed by atoms with Crippen LogP contribution in [0.25, 0.3) is 0 Å². The van der Waals surface area contributed by atoms with Crippen molar-refractivity contribution in [3.8, 4) is 0 Å². The molecule has 0 aromatic heterocycles. The van der Waals surface area contributed by atoms with Crippen molar-refractivity contribution in [2.75, 3.05) is 13.1 Å². The molecule has 34 valence electrons. The molecule has 0 amide bonds. The van der Waals surface area contributed by atoms with E-state index in [1.54, 1.807) is 0 Å². The van der Waals surface area contributed by atoms with E-state index in [1.807, 2.05) is 0 Å². The summed E-state index contributed by atoms with van der Waals surface area (Å²) in [5.74, 6) is 0. The van der Waals surface area contributed by atoms with Gasteiger partial charge in [0.1, 0.15) is 0 Å². The van der Waals surface area contributed by atoms with Crippen LogP contribution in [-0.2, 0) is 0 Å². The summed E-state index contributed by atoms with van der Waals surface area (Å²) in [7, 11) is 0. The molecule has 1 fully saturated rings. The Morgan fingerprint density at radius 3 is 2.67 bits per heavy atom. The van der Waals surface area contributed by atoms with Crippen LogP contribution in [0, 0.1) is 0 Å². The topological polar surface area (TPSA) is 12.0 Å². The number of hydrogen-bond acceptors (Lipinski definition) is 1. The van der Waals surface area contributed by atoms with Gasteiger partial charge in [0.2, 0.25) is 0 Å². The molecule has 1 atom stereocenters. The van der Waals surface area contributed by atoms with Gasteiger partial charge in [-0.05, 0) is 0 Å². The zero-order valence-corrected chi connectivity index (χ0v) is 7.07. The molecular formula is C4H9NSn. The zero-order chi connectivity index (χ0) is 4.41. The number of nitrogens with one attached hydrogen (secondary N) is 1. The normalized spacial score (nSPS) is 34.5. The van der Waals surface area contributed by atoms with Gasteiger partial charge in [-0.15, -0.1) is 0 Å². The van der Waals surface area contributed by atoms with Gasteiger partial charge < -0.3 is 0 Å². The van der Waals surface area contributed by atoms with Crippen molar-refractivity contribution >= 4 is 22.5 Å². The minimum absolute atomic E-state index is 1.07. The van der Waals surface area contributed by atoms with Crippen LogP contribution in [0.15, 0.2) is 0 Å². The Hall–Kier alpha value is 0.759. The molecule has 0 bridgehead atoms. The molecule has 0 aliphatic carbocycles. The second kappa shape index (κ2) is 2.17. The van der Waals surface area contributed by atoms with Crippen molar-refractivity contribution in [3.63, 3.8) is 0 Å². The maximum absolute atomic E-state index is 3.30. The Labute approximate surface area is 51.6 Å². The summed E-state index contributed by atoms with van der Waals surface area (Å²) < 4.78 is 1.07. The Morgan fingerprint density at radius 1 is 1.67 bits per heavy atom. The second-order valence-electron chi connectivity index (χ2n) is 1.75. The maximum atomic E-state index is 3.30. The molecule has 2 radical (unpaired) electrons. The van der Waals surface area contributed by atoms with E-state index in [9.17, 15) is 0 Å². The summed E-state index contributed by atoms with van der Waals surface area (Å²) in [6.45, 7) is 2.56. The molecule has 1 heterocycles. The van der Waals surface area contributed by atoms with Gasteiger partial charge >= 0.3 is 51.3 Å². The summed E-state index contributed by atoms with van der Waals surface area (Å²) in [5, 5.41) is 3.30. The molecule has 1 saturated heterocycles. The van der Waals surface area contributed by atoms with E-state index in [0.717, 1.165) is 3.93 Å². The van der Waals surface area contributed by atoms with Crippen LogP contribution in [0.5, 0.6) is 0 Å². The third kappa shape index (κ3) is 1.12. The minimum atomic E-state index is 1.07. The van der Waals surface area contributed by atoms with E-state index in [0.29, 0.717) is 0 Å². The van der Waals surface area contributed by atoms with E-state index < -0.39 is 0 Å². The quantitative estimate of drug-likeness (QED) is 0.515. The number of hydrogen-bond donors (Lipinski definition) is 1. The standard InChI is InChI=1S/C4H8N.Sn.H/c1-2-4-5-3-1;;/h1,5H,2-4H2;;. The summed E-state index contributed by atoms with van der Waals surface area (Å²) in [5.41, 5.74) is 0. The fourth-order valence-corrected chi connectivity index (χ4v) is 1.63. The molecular weight excluding hydrogens is 181 g/mol. The molecule has 0 saturated carbocycles. The van der Waals surface area contributed by atoms with Crippen LogP contribution >= 0.6 is 0 Å². The van der Waals surface area contributed by atoms with Crippen LogP contribution in [0.1, 0.15) is 6.42 Å². The molecule has 1 nitrogen and oxygen atoms in total. The van der Waals surface area contributed by atoms with Gasteiger partial charge in [0.25, 0.3) is 0 Å². The van der Waals surface area contributed by atoms with Gasteiger partial charge in [-0.2, -0.15) is 0 Å². The Bertz CT molecular complexity index is 40.8. The van der Waals surface area contributed by atoms with Crippen LogP contribution in [0.3, 0.4) is 0 Å². The third-order valence-electron chi connectivity index (χ3n) is 1.10. The first-order valence-corrected chi connectivity index (χ1v) is 4.26. The fourth-order valence-electron chi connectivity index (χ4n) is 0.677. The number of rotatable bonds is 0. The first-order chi connectivity index (χ1) is 2.89. The summed E-state index contributed by atoms with van der Waals surface area (Å²) in [6.07, 6.45) is 1.43. The summed E-state index contributed by atoms with van der Waals surface area (Å²) in [6, 6.07) is 0. The molecule has 0 spiro atoms. The van der Waals surface area contributed by atoms with Crippen molar-refractivity contribution in [1.82, 2.24) is 5.32 Å². The van der Waals surface area contributed by atoms with Crippen molar-refractivity contribution in [3.05, 3.63) is 0 Å². The van der Waals surface area contributed by atoms with Crippen molar-refractivity contribution in [2.24, 2.45) is 0 Å². The first-order valence-electron chi connectivity index (χ1n) is 2.36. The van der Waals surface area contributed by atoms with Gasteiger partial charge in [0, 0.05) is 0 Å². The zero-order valence-electron chi connectivity index (χ0n) is 3.78. The third-order valence-corrected chi connectivity index (χ3v) is 2.72. The van der Waals surface area contributed by atoms with Gasteiger partial charge in [-0.3, -0.25) is 0 Å². The van der Waals surface area contributed by atoms with E-state index in [1.165, 1.54) is 42.0 Å². The van der Waals surface area contributed by atoms with Crippen molar-refractivity contribution < 1.29 is 0 Å². The Morgan fingerprint density at radius 2 is 2.50 bits per heavy atom. The van der Waals surface area contributed by atoms with Crippen LogP contribution in [0.4, 0.5) is 0 Å². The van der Waals surface area contributed by atoms with Crippen LogP contribution in [0.2, 0.25) is 3.93 Å². The van der Waals surface area contributed by atoms with Gasteiger partial charge in [-0.25, -0.2) is 0 Å². The molecule has 1 aliphatic rings. The molecule has 0 aromatic rings. The van der Waals surface area contributed by atoms with Gasteiger partial charge in [0.15, 0.2) is 0 Å². The van der Waals surface area contributed by atoms with E-state index in [2.05, 4.69) is 5.32 Å². The fraction of sp³-hybridized carbons (Fsp3) is 1.00. The predicted molar refractivity (Wildman–Crippen MR) is 28.4 cm³/mol. The molecule has 2 heteroatoms. The van der Waals surface area contributed by atoms with E-state index in [-0.39, 0.29) is 0 Å². The summed E-state index contributed by atoms with van der Waals surface area (Å²) in [4.78, 5) is 0. The van der Waals surface area contributed by atoms with Crippen LogP contribution < -0.4 is 5.32 Å². The average Bonchev–Trinajstić information content (AvgIpc) is 1.86. The molecule has 1 unspecified atom stereocenters. The molecule has 1 rings (SSSR count). The molecule has 1 N–H and O–H groups in total. The SMILES string of the molecule is [SnH][CH]1CCNC1. The molecule has 6 heavy (non-hydrogen) atoms. The average molecular weight is 190 g/mol. The summed E-state index contributed by atoms with van der Waals surface area (Å²) >= 11 is 1.45. The van der Waals surface area contributed by atoms with E-state index in [4.69, 9.17) is 0 Å².